The molecular formula is C21H26N4O4S. The lowest BCUT2D eigenvalue weighted by atomic mass is 9.99. The summed E-state index contributed by atoms with van der Waals surface area (Å²) in [7, 11) is -1.79. The number of benzene rings is 1. The molecule has 0 N–H and O–H groups in total. The molecule has 3 aliphatic rings. The second-order valence-corrected chi connectivity index (χ2v) is 10.6. The minimum Gasteiger partial charge on any atom is -0.497 e. The summed E-state index contributed by atoms with van der Waals surface area (Å²) in [6.45, 7) is 3.88. The predicted molar refractivity (Wildman–Crippen MR) is 112 cm³/mol. The summed E-state index contributed by atoms with van der Waals surface area (Å²) in [6, 6.07) is 7.75. The summed E-state index contributed by atoms with van der Waals surface area (Å²) >= 11 is 0. The molecule has 3 aliphatic heterocycles. The van der Waals surface area contributed by atoms with Crippen LogP contribution in [0.4, 0.5) is 5.95 Å². The van der Waals surface area contributed by atoms with E-state index in [9.17, 15) is 8.42 Å². The van der Waals surface area contributed by atoms with E-state index in [-0.39, 0.29) is 6.10 Å². The number of methoxy groups -OCH3 is 1. The molecule has 0 amide bonds. The average molecular weight is 431 g/mol. The number of sulfonamides is 1. The minimum atomic E-state index is -3.42. The van der Waals surface area contributed by atoms with Gasteiger partial charge in [0.15, 0.2) is 0 Å². The van der Waals surface area contributed by atoms with Crippen LogP contribution in [0, 0.1) is 6.92 Å². The fourth-order valence-corrected chi connectivity index (χ4v) is 7.24. The van der Waals surface area contributed by atoms with Crippen molar-refractivity contribution in [3.8, 4) is 5.75 Å². The van der Waals surface area contributed by atoms with E-state index in [0.29, 0.717) is 45.0 Å². The van der Waals surface area contributed by atoms with E-state index in [2.05, 4.69) is 14.9 Å². The Bertz CT molecular complexity index is 1050. The van der Waals surface area contributed by atoms with E-state index >= 15 is 0 Å². The molecule has 0 radical (unpaired) electrons. The van der Waals surface area contributed by atoms with Gasteiger partial charge in [-0.2, -0.15) is 4.31 Å². The second kappa shape index (κ2) is 7.18. The Labute approximate surface area is 176 Å². The number of aryl methyl sites for hydroxylation is 1. The van der Waals surface area contributed by atoms with Crippen molar-refractivity contribution < 1.29 is 17.9 Å². The number of hydrogen-bond acceptors (Lipinski definition) is 7. The fraction of sp³-hybridized carbons (Fsp3) is 0.524. The van der Waals surface area contributed by atoms with Crippen molar-refractivity contribution in [1.29, 1.82) is 0 Å². The van der Waals surface area contributed by atoms with Crippen molar-refractivity contribution in [2.24, 2.45) is 0 Å². The first-order valence-electron chi connectivity index (χ1n) is 10.2. The molecule has 0 aliphatic carbocycles. The Kier molecular flexibility index (Phi) is 4.72. The molecule has 2 aromatic rings. The highest BCUT2D eigenvalue weighted by atomic mass is 32.2. The molecule has 3 atom stereocenters. The van der Waals surface area contributed by atoms with E-state index in [1.54, 1.807) is 23.8 Å². The Morgan fingerprint density at radius 3 is 2.83 bits per heavy atom. The fourth-order valence-electron chi connectivity index (χ4n) is 4.93. The molecule has 3 fully saturated rings. The number of aromatic nitrogens is 2. The zero-order valence-electron chi connectivity index (χ0n) is 17.2. The lowest BCUT2D eigenvalue weighted by Crippen LogP contribution is -2.55. The summed E-state index contributed by atoms with van der Waals surface area (Å²) in [5, 5.41) is -0.504. The normalized spacial score (nSPS) is 29.7. The molecule has 160 valence electrons. The van der Waals surface area contributed by atoms with Crippen molar-refractivity contribution >= 4 is 16.0 Å². The van der Waals surface area contributed by atoms with Crippen molar-refractivity contribution in [3.05, 3.63) is 47.8 Å². The molecule has 2 bridgehead atoms. The number of ether oxygens (including phenoxy) is 2. The number of morpholine rings is 1. The highest BCUT2D eigenvalue weighted by Gasteiger charge is 2.65. The zero-order valence-corrected chi connectivity index (χ0v) is 18.0. The molecular weight excluding hydrogens is 404 g/mol. The van der Waals surface area contributed by atoms with E-state index < -0.39 is 20.9 Å². The van der Waals surface area contributed by atoms with E-state index in [1.165, 1.54) is 0 Å². The van der Waals surface area contributed by atoms with E-state index in [4.69, 9.17) is 9.47 Å². The topological polar surface area (TPSA) is 84.9 Å². The molecule has 30 heavy (non-hydrogen) atoms. The van der Waals surface area contributed by atoms with Crippen LogP contribution in [0.2, 0.25) is 0 Å². The summed E-state index contributed by atoms with van der Waals surface area (Å²) in [5.41, 5.74) is 1.33. The maximum Gasteiger partial charge on any atom is 0.225 e. The molecule has 1 aromatic carbocycles. The monoisotopic (exact) mass is 430 g/mol. The van der Waals surface area contributed by atoms with Gasteiger partial charge in [-0.15, -0.1) is 0 Å². The van der Waals surface area contributed by atoms with Gasteiger partial charge >= 0.3 is 0 Å². The van der Waals surface area contributed by atoms with Gasteiger partial charge in [0, 0.05) is 32.0 Å². The molecule has 5 rings (SSSR count). The van der Waals surface area contributed by atoms with Gasteiger partial charge in [0.25, 0.3) is 0 Å². The van der Waals surface area contributed by atoms with Crippen molar-refractivity contribution in [2.45, 2.75) is 36.7 Å². The molecule has 1 aromatic heterocycles. The highest BCUT2D eigenvalue weighted by Crippen LogP contribution is 2.46. The van der Waals surface area contributed by atoms with Gasteiger partial charge in [0.1, 0.15) is 16.6 Å². The van der Waals surface area contributed by atoms with Crippen LogP contribution in [0.1, 0.15) is 17.5 Å². The molecule has 0 unspecified atom stereocenters. The van der Waals surface area contributed by atoms with E-state index in [1.807, 2.05) is 31.2 Å². The molecule has 8 nitrogen and oxygen atoms in total. The van der Waals surface area contributed by atoms with Crippen LogP contribution in [0.3, 0.4) is 0 Å². The summed E-state index contributed by atoms with van der Waals surface area (Å²) < 4.78 is 39.8. The van der Waals surface area contributed by atoms with Crippen LogP contribution in [-0.2, 0) is 21.2 Å². The minimum absolute atomic E-state index is 0.107. The number of fused-ring (bicyclic) bond motifs is 1. The number of rotatable bonds is 5. The first-order chi connectivity index (χ1) is 14.4. The predicted octanol–water partition coefficient (Wildman–Crippen LogP) is 1.40. The van der Waals surface area contributed by atoms with Crippen molar-refractivity contribution in [1.82, 2.24) is 14.3 Å². The van der Waals surface area contributed by atoms with E-state index in [0.717, 1.165) is 16.9 Å². The van der Waals surface area contributed by atoms with Gasteiger partial charge < -0.3 is 14.4 Å². The molecule has 3 saturated heterocycles. The third-order valence-electron chi connectivity index (χ3n) is 6.35. The smallest absolute Gasteiger partial charge is 0.225 e. The van der Waals surface area contributed by atoms with Gasteiger partial charge in [-0.3, -0.25) is 0 Å². The first kappa shape index (κ1) is 19.7. The SMILES string of the molecule is COc1cccc(CCN2C[C@@]34CN(c5ncc(C)cn5)C[C@@H](C[C@@H]3S2(=O)=O)O4)c1. The Morgan fingerprint density at radius 2 is 2.07 bits per heavy atom. The third-order valence-corrected chi connectivity index (χ3v) is 8.72. The molecule has 4 heterocycles. The maximum atomic E-state index is 13.3. The van der Waals surface area contributed by atoms with Crippen LogP contribution >= 0.6 is 0 Å². The Balaban J connectivity index is 1.35. The average Bonchev–Trinajstić information content (AvgIpc) is 3.11. The highest BCUT2D eigenvalue weighted by molar-refractivity contribution is 7.90. The number of hydrogen-bond donors (Lipinski definition) is 0. The van der Waals surface area contributed by atoms with Crippen LogP contribution in [0.5, 0.6) is 5.75 Å². The first-order valence-corrected chi connectivity index (χ1v) is 11.7. The molecule has 0 saturated carbocycles. The summed E-state index contributed by atoms with van der Waals surface area (Å²) in [4.78, 5) is 11.0. The van der Waals surface area contributed by atoms with Gasteiger partial charge in [-0.05, 0) is 43.0 Å². The van der Waals surface area contributed by atoms with Gasteiger partial charge in [-0.25, -0.2) is 18.4 Å². The third kappa shape index (κ3) is 3.25. The second-order valence-electron chi connectivity index (χ2n) is 8.45. The lowest BCUT2D eigenvalue weighted by Gasteiger charge is -2.39. The van der Waals surface area contributed by atoms with Crippen molar-refractivity contribution in [2.75, 3.05) is 38.2 Å². The van der Waals surface area contributed by atoms with Gasteiger partial charge in [-0.1, -0.05) is 12.1 Å². The summed E-state index contributed by atoms with van der Waals surface area (Å²) in [5.74, 6) is 1.42. The van der Waals surface area contributed by atoms with Crippen LogP contribution in [-0.4, -0.2) is 72.9 Å². The zero-order chi connectivity index (χ0) is 20.9. The molecule has 9 heteroatoms. The van der Waals surface area contributed by atoms with Crippen molar-refractivity contribution in [3.63, 3.8) is 0 Å². The standard InChI is InChI=1S/C21H26N4O4S/c1-15-10-22-20(23-11-15)24-12-18-9-19-21(13-24,29-18)14-25(30(19,26)27)7-6-16-4-3-5-17(8-16)28-2/h3-5,8,10-11,18-19H,6-7,9,12-14H2,1-2H3/t18-,19+,21+/m1/s1. The quantitative estimate of drug-likeness (QED) is 0.709. The van der Waals surface area contributed by atoms with Crippen LogP contribution in [0.25, 0.3) is 0 Å². The van der Waals surface area contributed by atoms with Crippen LogP contribution < -0.4 is 9.64 Å². The van der Waals surface area contributed by atoms with Crippen LogP contribution in [0.15, 0.2) is 36.7 Å². The summed E-state index contributed by atoms with van der Waals surface area (Å²) in [6.07, 6.45) is 4.64. The van der Waals surface area contributed by atoms with Gasteiger partial charge in [0.05, 0.1) is 19.8 Å². The maximum absolute atomic E-state index is 13.3. The Hall–Kier alpha value is -2.23. The molecule has 1 spiro atoms. The number of nitrogens with zero attached hydrogens (tertiary/aromatic N) is 4. The van der Waals surface area contributed by atoms with Gasteiger partial charge in [0.2, 0.25) is 16.0 Å². The lowest BCUT2D eigenvalue weighted by molar-refractivity contribution is -0.0529. The largest absolute Gasteiger partial charge is 0.497 e. The number of anilines is 1. The Morgan fingerprint density at radius 1 is 1.27 bits per heavy atom.